The van der Waals surface area contributed by atoms with Gasteiger partial charge in [-0.15, -0.1) is 0 Å². The molecule has 4 N–H and O–H groups in total. The summed E-state index contributed by atoms with van der Waals surface area (Å²) in [6.45, 7) is 0.179. The lowest BCUT2D eigenvalue weighted by molar-refractivity contribution is 0.100. The molecule has 0 unspecified atom stereocenters. The molecular formula is C18H17N3O3. The van der Waals surface area contributed by atoms with Crippen molar-refractivity contribution in [2.24, 2.45) is 5.73 Å². The van der Waals surface area contributed by atoms with E-state index in [4.69, 9.17) is 10.5 Å². The first-order chi connectivity index (χ1) is 11.6. The number of nitrogens with two attached hydrogens (primary N) is 1. The van der Waals surface area contributed by atoms with Gasteiger partial charge >= 0.3 is 6.03 Å². The van der Waals surface area contributed by atoms with Crippen LogP contribution in [-0.2, 0) is 0 Å². The number of hydrogen-bond acceptors (Lipinski definition) is 3. The van der Waals surface area contributed by atoms with Crippen LogP contribution in [-0.4, -0.2) is 25.6 Å². The third-order valence-corrected chi connectivity index (χ3v) is 3.09. The van der Waals surface area contributed by atoms with Crippen molar-refractivity contribution in [2.45, 2.75) is 0 Å². The smallest absolute Gasteiger partial charge is 0.320 e. The fraction of sp³-hybridized carbons (Fsp3) is 0.111. The molecule has 122 valence electrons. The maximum Gasteiger partial charge on any atom is 0.320 e. The maximum absolute atomic E-state index is 11.8. The fourth-order valence-corrected chi connectivity index (χ4v) is 1.90. The summed E-state index contributed by atoms with van der Waals surface area (Å²) >= 11 is 0. The van der Waals surface area contributed by atoms with Gasteiger partial charge in [0.25, 0.3) is 0 Å². The van der Waals surface area contributed by atoms with Crippen molar-refractivity contribution in [1.82, 2.24) is 5.32 Å². The molecule has 0 saturated heterocycles. The molecule has 2 aromatic carbocycles. The molecule has 2 rings (SSSR count). The minimum atomic E-state index is -0.482. The van der Waals surface area contributed by atoms with E-state index in [1.54, 1.807) is 42.5 Å². The highest BCUT2D eigenvalue weighted by Gasteiger charge is 2.05. The lowest BCUT2D eigenvalue weighted by Crippen LogP contribution is -2.29. The Kier molecular flexibility index (Phi) is 5.81. The van der Waals surface area contributed by atoms with Crippen molar-refractivity contribution in [3.05, 3.63) is 59.7 Å². The first-order valence-electron chi connectivity index (χ1n) is 7.17. The fourth-order valence-electron chi connectivity index (χ4n) is 1.90. The zero-order chi connectivity index (χ0) is 17.4. The number of carbonyl (C=O) groups is 2. The van der Waals surface area contributed by atoms with Crippen molar-refractivity contribution in [3.63, 3.8) is 0 Å². The molecule has 0 aliphatic carbocycles. The monoisotopic (exact) mass is 323 g/mol. The standard InChI is InChI=1S/C18H17N3O3/c1-24-16-7-3-2-6-15(16)21-18(23)20-12-4-5-13-8-10-14(11-9-13)17(19)22/h2-3,6-11H,12H2,1H3,(H2,19,22)(H2,20,21,23). The number of benzene rings is 2. The van der Waals surface area contributed by atoms with Crippen molar-refractivity contribution >= 4 is 17.6 Å². The predicted octanol–water partition coefficient (Wildman–Crippen LogP) is 1.97. The van der Waals surface area contributed by atoms with Crippen LogP contribution in [0.2, 0.25) is 0 Å². The van der Waals surface area contributed by atoms with Crippen LogP contribution in [0.5, 0.6) is 5.75 Å². The molecule has 0 saturated carbocycles. The Bertz CT molecular complexity index is 789. The minimum Gasteiger partial charge on any atom is -0.495 e. The Hall–Kier alpha value is -3.46. The van der Waals surface area contributed by atoms with Gasteiger partial charge in [-0.05, 0) is 36.4 Å². The molecule has 0 bridgehead atoms. The Morgan fingerprint density at radius 1 is 1.12 bits per heavy atom. The third-order valence-electron chi connectivity index (χ3n) is 3.09. The van der Waals surface area contributed by atoms with Crippen LogP contribution in [0.3, 0.4) is 0 Å². The third kappa shape index (κ3) is 4.78. The van der Waals surface area contributed by atoms with Gasteiger partial charge in [-0.1, -0.05) is 24.0 Å². The van der Waals surface area contributed by atoms with Gasteiger partial charge in [0, 0.05) is 11.1 Å². The summed E-state index contributed by atoms with van der Waals surface area (Å²) in [7, 11) is 1.54. The van der Waals surface area contributed by atoms with Crippen LogP contribution in [0.25, 0.3) is 0 Å². The SMILES string of the molecule is COc1ccccc1NC(=O)NCC#Cc1ccc(C(N)=O)cc1. The first kappa shape index (κ1) is 16.9. The van der Waals surface area contributed by atoms with Crippen molar-refractivity contribution in [3.8, 4) is 17.6 Å². The molecule has 6 nitrogen and oxygen atoms in total. The van der Waals surface area contributed by atoms with Crippen LogP contribution >= 0.6 is 0 Å². The van der Waals surface area contributed by atoms with E-state index >= 15 is 0 Å². The van der Waals surface area contributed by atoms with Crippen molar-refractivity contribution in [1.29, 1.82) is 0 Å². The highest BCUT2D eigenvalue weighted by Crippen LogP contribution is 2.22. The van der Waals surface area contributed by atoms with Gasteiger partial charge in [0.05, 0.1) is 19.3 Å². The van der Waals surface area contributed by atoms with Crippen LogP contribution in [0.1, 0.15) is 15.9 Å². The molecule has 0 radical (unpaired) electrons. The number of primary amides is 1. The number of urea groups is 1. The van der Waals surface area contributed by atoms with Gasteiger partial charge in [0.15, 0.2) is 0 Å². The van der Waals surface area contributed by atoms with Gasteiger partial charge in [0.2, 0.25) is 5.91 Å². The number of carbonyl (C=O) groups excluding carboxylic acids is 2. The molecule has 0 aromatic heterocycles. The Balaban J connectivity index is 1.86. The van der Waals surface area contributed by atoms with E-state index in [2.05, 4.69) is 22.5 Å². The second-order valence-electron chi connectivity index (χ2n) is 4.75. The summed E-state index contributed by atoms with van der Waals surface area (Å²) in [4.78, 5) is 22.8. The van der Waals surface area contributed by atoms with Gasteiger partial charge < -0.3 is 21.1 Å². The number of nitrogens with one attached hydrogen (secondary N) is 2. The summed E-state index contributed by atoms with van der Waals surface area (Å²) in [5, 5.41) is 5.31. The zero-order valence-electron chi connectivity index (χ0n) is 13.1. The highest BCUT2D eigenvalue weighted by molar-refractivity contribution is 5.93. The van der Waals surface area contributed by atoms with Crippen LogP contribution in [0.4, 0.5) is 10.5 Å². The number of hydrogen-bond donors (Lipinski definition) is 3. The number of para-hydroxylation sites is 2. The second kappa shape index (κ2) is 8.25. The van der Waals surface area contributed by atoms with E-state index in [1.165, 1.54) is 7.11 Å². The molecule has 3 amide bonds. The van der Waals surface area contributed by atoms with Gasteiger partial charge in [0.1, 0.15) is 5.75 Å². The Morgan fingerprint density at radius 3 is 2.50 bits per heavy atom. The molecule has 6 heteroatoms. The maximum atomic E-state index is 11.8. The Morgan fingerprint density at radius 2 is 1.83 bits per heavy atom. The number of anilines is 1. The van der Waals surface area contributed by atoms with E-state index in [-0.39, 0.29) is 12.6 Å². The lowest BCUT2D eigenvalue weighted by Gasteiger charge is -2.09. The summed E-state index contributed by atoms with van der Waals surface area (Å²) in [6.07, 6.45) is 0. The molecule has 0 fully saturated rings. The summed E-state index contributed by atoms with van der Waals surface area (Å²) in [5.74, 6) is 5.80. The molecule has 0 aliphatic rings. The highest BCUT2D eigenvalue weighted by atomic mass is 16.5. The molecule has 24 heavy (non-hydrogen) atoms. The van der Waals surface area contributed by atoms with Crippen molar-refractivity contribution in [2.75, 3.05) is 19.0 Å². The summed E-state index contributed by atoms with van der Waals surface area (Å²) in [5.41, 5.74) is 6.90. The number of ether oxygens (including phenoxy) is 1. The average Bonchev–Trinajstić information content (AvgIpc) is 2.59. The van der Waals surface area contributed by atoms with Crippen LogP contribution in [0.15, 0.2) is 48.5 Å². The van der Waals surface area contributed by atoms with E-state index in [9.17, 15) is 9.59 Å². The molecule has 0 heterocycles. The van der Waals surface area contributed by atoms with E-state index in [0.29, 0.717) is 17.0 Å². The van der Waals surface area contributed by atoms with Crippen LogP contribution < -0.4 is 21.1 Å². The number of amides is 3. The predicted molar refractivity (Wildman–Crippen MR) is 91.9 cm³/mol. The second-order valence-corrected chi connectivity index (χ2v) is 4.75. The molecule has 2 aromatic rings. The Labute approximate surface area is 140 Å². The zero-order valence-corrected chi connectivity index (χ0v) is 13.1. The van der Waals surface area contributed by atoms with Gasteiger partial charge in [-0.2, -0.15) is 0 Å². The average molecular weight is 323 g/mol. The largest absolute Gasteiger partial charge is 0.495 e. The molecular weight excluding hydrogens is 306 g/mol. The molecule has 0 spiro atoms. The molecule has 0 atom stereocenters. The first-order valence-corrected chi connectivity index (χ1v) is 7.17. The number of methoxy groups -OCH3 is 1. The summed E-state index contributed by atoms with van der Waals surface area (Å²) in [6, 6.07) is 13.3. The lowest BCUT2D eigenvalue weighted by atomic mass is 10.1. The van der Waals surface area contributed by atoms with Gasteiger partial charge in [-0.3, -0.25) is 4.79 Å². The van der Waals surface area contributed by atoms with Gasteiger partial charge in [-0.25, -0.2) is 4.79 Å². The normalized spacial score (nSPS) is 9.38. The van der Waals surface area contributed by atoms with Crippen LogP contribution in [0, 0.1) is 11.8 Å². The quantitative estimate of drug-likeness (QED) is 0.751. The summed E-state index contributed by atoms with van der Waals surface area (Å²) < 4.78 is 5.15. The van der Waals surface area contributed by atoms with E-state index in [0.717, 1.165) is 5.56 Å². The van der Waals surface area contributed by atoms with Crippen molar-refractivity contribution < 1.29 is 14.3 Å². The number of rotatable bonds is 4. The van der Waals surface area contributed by atoms with E-state index in [1.807, 2.05) is 6.07 Å². The topological polar surface area (TPSA) is 93.4 Å². The molecule has 0 aliphatic heterocycles. The van der Waals surface area contributed by atoms with E-state index < -0.39 is 5.91 Å². The minimum absolute atomic E-state index is 0.179.